The molecule has 0 bridgehead atoms. The first-order chi connectivity index (χ1) is 14.5. The highest BCUT2D eigenvalue weighted by atomic mass is 19.4. The van der Waals surface area contributed by atoms with Gasteiger partial charge in [0.2, 0.25) is 5.95 Å². The number of hydrogen-bond donors (Lipinski definition) is 3. The van der Waals surface area contributed by atoms with Crippen LogP contribution >= 0.6 is 0 Å². The van der Waals surface area contributed by atoms with Gasteiger partial charge in [0.1, 0.15) is 5.56 Å². The Labute approximate surface area is 169 Å². The smallest absolute Gasteiger partial charge is 0.358 e. The normalized spacial score (nSPS) is 19.8. The van der Waals surface area contributed by atoms with Gasteiger partial charge in [-0.2, -0.15) is 13.2 Å². The zero-order valence-electron chi connectivity index (χ0n) is 15.9. The number of aromatic amines is 1. The number of nitrogens with one attached hydrogen (secondary N) is 3. The Morgan fingerprint density at radius 1 is 1.20 bits per heavy atom. The van der Waals surface area contributed by atoms with Crippen molar-refractivity contribution < 1.29 is 13.2 Å². The lowest BCUT2D eigenvalue weighted by Gasteiger charge is -2.24. The van der Waals surface area contributed by atoms with Gasteiger partial charge in [-0.25, -0.2) is 14.6 Å². The van der Waals surface area contributed by atoms with E-state index in [0.29, 0.717) is 17.1 Å². The van der Waals surface area contributed by atoms with Crippen LogP contribution in [0.25, 0.3) is 22.8 Å². The Morgan fingerprint density at radius 3 is 2.80 bits per heavy atom. The van der Waals surface area contributed by atoms with Gasteiger partial charge in [0.05, 0.1) is 17.4 Å². The first-order valence-electron chi connectivity index (χ1n) is 9.87. The van der Waals surface area contributed by atoms with E-state index in [0.717, 1.165) is 45.0 Å². The van der Waals surface area contributed by atoms with Crippen LogP contribution in [0.15, 0.2) is 18.5 Å². The van der Waals surface area contributed by atoms with E-state index >= 15 is 0 Å². The summed E-state index contributed by atoms with van der Waals surface area (Å²) in [6, 6.07) is 1.91. The summed E-state index contributed by atoms with van der Waals surface area (Å²) in [5.74, 6) is 0.676. The first-order valence-corrected chi connectivity index (χ1v) is 9.87. The molecule has 5 rings (SSSR count). The van der Waals surface area contributed by atoms with E-state index in [1.54, 1.807) is 10.7 Å². The van der Waals surface area contributed by atoms with Crippen LogP contribution in [0.4, 0.5) is 19.1 Å². The third-order valence-corrected chi connectivity index (χ3v) is 5.31. The number of aromatic nitrogens is 7. The quantitative estimate of drug-likeness (QED) is 0.583. The number of rotatable bonds is 5. The highest BCUT2D eigenvalue weighted by Crippen LogP contribution is 2.39. The number of alkyl halides is 3. The summed E-state index contributed by atoms with van der Waals surface area (Å²) in [7, 11) is 0. The van der Waals surface area contributed by atoms with Gasteiger partial charge in [0.15, 0.2) is 5.82 Å². The zero-order chi connectivity index (χ0) is 20.7. The highest BCUT2D eigenvalue weighted by molar-refractivity contribution is 5.69. The van der Waals surface area contributed by atoms with Crippen LogP contribution in [-0.2, 0) is 6.18 Å². The molecule has 1 saturated carbocycles. The van der Waals surface area contributed by atoms with Crippen LogP contribution in [0.5, 0.6) is 0 Å². The maximum atomic E-state index is 13.6. The van der Waals surface area contributed by atoms with E-state index in [2.05, 4.69) is 41.1 Å². The van der Waals surface area contributed by atoms with Crippen molar-refractivity contribution in [3.05, 3.63) is 24.0 Å². The minimum atomic E-state index is -4.58. The van der Waals surface area contributed by atoms with Crippen molar-refractivity contribution in [3.63, 3.8) is 0 Å². The predicted molar refractivity (Wildman–Crippen MR) is 101 cm³/mol. The molecule has 9 nitrogen and oxygen atoms in total. The second-order valence-corrected chi connectivity index (χ2v) is 7.62. The minimum absolute atomic E-state index is 0.0771. The number of hydrogen-bond acceptors (Lipinski definition) is 7. The second-order valence-electron chi connectivity index (χ2n) is 7.62. The largest absolute Gasteiger partial charge is 0.419 e. The number of H-pyrrole nitrogens is 1. The molecule has 158 valence electrons. The van der Waals surface area contributed by atoms with Crippen molar-refractivity contribution in [2.45, 2.75) is 43.9 Å². The zero-order valence-corrected chi connectivity index (χ0v) is 15.9. The van der Waals surface area contributed by atoms with E-state index < -0.39 is 11.7 Å². The lowest BCUT2D eigenvalue weighted by atomic mass is 10.1. The molecule has 3 aromatic heterocycles. The van der Waals surface area contributed by atoms with Gasteiger partial charge in [-0.15, -0.1) is 5.10 Å². The number of piperidine rings is 1. The van der Waals surface area contributed by atoms with Gasteiger partial charge in [0.25, 0.3) is 0 Å². The van der Waals surface area contributed by atoms with Gasteiger partial charge >= 0.3 is 6.18 Å². The van der Waals surface area contributed by atoms with Crippen LogP contribution in [0.2, 0.25) is 0 Å². The number of anilines is 1. The maximum Gasteiger partial charge on any atom is 0.419 e. The summed E-state index contributed by atoms with van der Waals surface area (Å²) in [6.45, 7) is 1.65. The van der Waals surface area contributed by atoms with Gasteiger partial charge in [0, 0.05) is 30.5 Å². The SMILES string of the molecule is FC(F)(F)c1cnc(N[C@H]2CCCNC2)nc1-c1c[nH]c(-c2nnnn2C2CC2)c1. The molecule has 0 amide bonds. The number of halogens is 3. The average molecular weight is 419 g/mol. The van der Waals surface area contributed by atoms with Crippen molar-refractivity contribution in [1.29, 1.82) is 0 Å². The molecule has 12 heteroatoms. The van der Waals surface area contributed by atoms with E-state index in [4.69, 9.17) is 0 Å². The molecule has 1 saturated heterocycles. The summed E-state index contributed by atoms with van der Waals surface area (Å²) in [6.07, 6.45) is 1.62. The molecule has 0 aromatic carbocycles. The molecular weight excluding hydrogens is 399 g/mol. The summed E-state index contributed by atoms with van der Waals surface area (Å²) in [5.41, 5.74) is -0.228. The molecule has 1 atom stereocenters. The summed E-state index contributed by atoms with van der Waals surface area (Å²) < 4.78 is 42.6. The standard InChI is InChI=1S/C18H20F3N9/c19-18(20,21)13-9-24-17(25-11-2-1-5-22-8-11)26-15(13)10-6-14(23-7-10)16-27-28-29-30(16)12-3-4-12/h6-7,9,11-12,22-23H,1-5,8H2,(H,24,25,26)/t11-/m0/s1. The van der Waals surface area contributed by atoms with Crippen molar-refractivity contribution in [1.82, 2.24) is 40.5 Å². The van der Waals surface area contributed by atoms with E-state index in [1.807, 2.05) is 0 Å². The summed E-state index contributed by atoms with van der Waals surface area (Å²) in [4.78, 5) is 11.1. The lowest BCUT2D eigenvalue weighted by Crippen LogP contribution is -2.38. The fourth-order valence-corrected chi connectivity index (χ4v) is 3.63. The molecule has 0 spiro atoms. The predicted octanol–water partition coefficient (Wildman–Crippen LogP) is 2.64. The molecule has 0 radical (unpaired) electrons. The molecule has 2 aliphatic rings. The maximum absolute atomic E-state index is 13.6. The topological polar surface area (TPSA) is 109 Å². The molecule has 3 N–H and O–H groups in total. The Bertz CT molecular complexity index is 1030. The number of nitrogens with zero attached hydrogens (tertiary/aromatic N) is 6. The van der Waals surface area contributed by atoms with Gasteiger partial charge in [-0.1, -0.05) is 0 Å². The molecule has 1 aliphatic carbocycles. The van der Waals surface area contributed by atoms with E-state index in [1.165, 1.54) is 6.20 Å². The molecule has 2 fully saturated rings. The van der Waals surface area contributed by atoms with Gasteiger partial charge in [-0.3, -0.25) is 0 Å². The molecule has 3 aromatic rings. The van der Waals surface area contributed by atoms with Crippen LogP contribution in [0.1, 0.15) is 37.3 Å². The third-order valence-electron chi connectivity index (χ3n) is 5.31. The Morgan fingerprint density at radius 2 is 2.07 bits per heavy atom. The van der Waals surface area contributed by atoms with Gasteiger partial charge < -0.3 is 15.6 Å². The average Bonchev–Trinajstić information content (AvgIpc) is 3.25. The van der Waals surface area contributed by atoms with Crippen molar-refractivity contribution in [2.24, 2.45) is 0 Å². The minimum Gasteiger partial charge on any atom is -0.358 e. The van der Waals surface area contributed by atoms with Crippen LogP contribution in [0, 0.1) is 0 Å². The van der Waals surface area contributed by atoms with E-state index in [9.17, 15) is 13.2 Å². The van der Waals surface area contributed by atoms with Crippen LogP contribution < -0.4 is 10.6 Å². The monoisotopic (exact) mass is 419 g/mol. The van der Waals surface area contributed by atoms with Crippen molar-refractivity contribution in [2.75, 3.05) is 18.4 Å². The number of tetrazole rings is 1. The molecular formula is C18H20F3N9. The third kappa shape index (κ3) is 3.74. The lowest BCUT2D eigenvalue weighted by molar-refractivity contribution is -0.137. The van der Waals surface area contributed by atoms with Gasteiger partial charge in [-0.05, 0) is 48.7 Å². The fourth-order valence-electron chi connectivity index (χ4n) is 3.63. The molecule has 30 heavy (non-hydrogen) atoms. The Hall–Kier alpha value is -3.02. The highest BCUT2D eigenvalue weighted by Gasteiger charge is 2.36. The summed E-state index contributed by atoms with van der Waals surface area (Å²) >= 11 is 0. The summed E-state index contributed by atoms with van der Waals surface area (Å²) in [5, 5.41) is 18.1. The molecule has 1 aliphatic heterocycles. The first kappa shape index (κ1) is 19.0. The molecule has 4 heterocycles. The van der Waals surface area contributed by atoms with Crippen LogP contribution in [0.3, 0.4) is 0 Å². The van der Waals surface area contributed by atoms with Crippen molar-refractivity contribution >= 4 is 5.95 Å². The Kier molecular flexibility index (Phi) is 4.65. The second kappa shape index (κ2) is 7.35. The van der Waals surface area contributed by atoms with Crippen molar-refractivity contribution in [3.8, 4) is 22.8 Å². The fraction of sp³-hybridized carbons (Fsp3) is 0.500. The van der Waals surface area contributed by atoms with E-state index in [-0.39, 0.29) is 23.7 Å². The Balaban J connectivity index is 1.49. The van der Waals surface area contributed by atoms with Crippen LogP contribution in [-0.4, -0.2) is 54.3 Å². The molecule has 0 unspecified atom stereocenters.